The van der Waals surface area contributed by atoms with E-state index in [4.69, 9.17) is 0 Å². The number of nitrogens with one attached hydrogen (secondary N) is 2. The lowest BCUT2D eigenvalue weighted by Crippen LogP contribution is -2.33. The summed E-state index contributed by atoms with van der Waals surface area (Å²) in [5.74, 6) is 0.578. The summed E-state index contributed by atoms with van der Waals surface area (Å²) in [5, 5.41) is 17.4. The number of thioether (sulfide) groups is 1. The third kappa shape index (κ3) is 4.79. The van der Waals surface area contributed by atoms with E-state index in [1.54, 1.807) is 31.3 Å². The number of tetrazole rings is 1. The smallest absolute Gasteiger partial charge is 0.251 e. The van der Waals surface area contributed by atoms with E-state index in [1.807, 2.05) is 6.92 Å². The van der Waals surface area contributed by atoms with Crippen LogP contribution in [-0.4, -0.2) is 43.8 Å². The molecule has 1 heterocycles. The maximum absolute atomic E-state index is 12.2. The fraction of sp³-hybridized carbons (Fsp3) is 0.438. The highest BCUT2D eigenvalue weighted by atomic mass is 32.2. The fourth-order valence-electron chi connectivity index (χ4n) is 2.38. The highest BCUT2D eigenvalue weighted by Gasteiger charge is 2.29. The van der Waals surface area contributed by atoms with E-state index in [-0.39, 0.29) is 23.6 Å². The molecule has 1 atom stereocenters. The molecule has 0 unspecified atom stereocenters. The lowest BCUT2D eigenvalue weighted by molar-refractivity contribution is -0.113. The van der Waals surface area contributed by atoms with Crippen molar-refractivity contribution in [1.82, 2.24) is 25.5 Å². The number of amides is 2. The van der Waals surface area contributed by atoms with E-state index >= 15 is 0 Å². The molecule has 2 N–H and O–H groups in total. The molecule has 8 nitrogen and oxygen atoms in total. The second-order valence-electron chi connectivity index (χ2n) is 6.10. The van der Waals surface area contributed by atoms with Gasteiger partial charge in [-0.3, -0.25) is 9.59 Å². The molecule has 132 valence electrons. The summed E-state index contributed by atoms with van der Waals surface area (Å²) in [6.07, 6.45) is 2.38. The summed E-state index contributed by atoms with van der Waals surface area (Å²) in [7, 11) is 1.72. The van der Waals surface area contributed by atoms with Gasteiger partial charge in [0.2, 0.25) is 11.1 Å². The number of anilines is 1. The molecule has 0 radical (unpaired) electrons. The molecule has 0 bridgehead atoms. The number of hydrogen-bond acceptors (Lipinski definition) is 6. The Labute approximate surface area is 149 Å². The van der Waals surface area contributed by atoms with Gasteiger partial charge in [-0.05, 0) is 60.4 Å². The Hall–Kier alpha value is -2.42. The number of nitrogens with zero attached hydrogens (tertiary/aromatic N) is 4. The Bertz CT molecular complexity index is 756. The van der Waals surface area contributed by atoms with Crippen LogP contribution in [0.4, 0.5) is 5.69 Å². The number of rotatable bonds is 7. The van der Waals surface area contributed by atoms with Gasteiger partial charge in [-0.1, -0.05) is 11.8 Å². The maximum Gasteiger partial charge on any atom is 0.251 e. The van der Waals surface area contributed by atoms with E-state index in [0.29, 0.717) is 22.3 Å². The molecule has 0 saturated heterocycles. The van der Waals surface area contributed by atoms with Crippen LogP contribution in [0.2, 0.25) is 0 Å². The first kappa shape index (κ1) is 17.4. The number of benzene rings is 1. The lowest BCUT2D eigenvalue weighted by atomic mass is 10.1. The summed E-state index contributed by atoms with van der Waals surface area (Å²) in [6.45, 7) is 2.04. The van der Waals surface area contributed by atoms with Crippen LogP contribution < -0.4 is 10.6 Å². The Morgan fingerprint density at radius 3 is 2.64 bits per heavy atom. The highest BCUT2D eigenvalue weighted by Crippen LogP contribution is 2.32. The van der Waals surface area contributed by atoms with Crippen LogP contribution in [0, 0.1) is 5.92 Å². The molecule has 3 rings (SSSR count). The molecule has 1 aromatic heterocycles. The molecule has 1 aromatic carbocycles. The average molecular weight is 360 g/mol. The van der Waals surface area contributed by atoms with Crippen LogP contribution in [0.1, 0.15) is 30.1 Å². The zero-order valence-electron chi connectivity index (χ0n) is 14.1. The predicted molar refractivity (Wildman–Crippen MR) is 94.2 cm³/mol. The van der Waals surface area contributed by atoms with E-state index in [1.165, 1.54) is 29.3 Å². The standard InChI is InChI=1S/C16H20N6O2S/c1-10(11-3-4-11)17-15(24)12-5-7-13(8-6-12)18-14(23)9-25-16-19-20-21-22(16)2/h5-8,10-11H,3-4,9H2,1-2H3,(H,17,24)(H,18,23)/t10-/m0/s1. The largest absolute Gasteiger partial charge is 0.349 e. The third-order valence-corrected chi connectivity index (χ3v) is 5.04. The Morgan fingerprint density at radius 2 is 2.04 bits per heavy atom. The summed E-state index contributed by atoms with van der Waals surface area (Å²) >= 11 is 1.26. The molecular formula is C16H20N6O2S. The van der Waals surface area contributed by atoms with Crippen molar-refractivity contribution in [2.45, 2.75) is 31.0 Å². The van der Waals surface area contributed by atoms with Gasteiger partial charge in [0.25, 0.3) is 5.91 Å². The Kier molecular flexibility index (Phi) is 5.32. The second kappa shape index (κ2) is 7.64. The van der Waals surface area contributed by atoms with Crippen molar-refractivity contribution < 1.29 is 9.59 Å². The summed E-state index contributed by atoms with van der Waals surface area (Å²) in [5.41, 5.74) is 1.23. The molecular weight excluding hydrogens is 340 g/mol. The zero-order valence-corrected chi connectivity index (χ0v) is 14.9. The van der Waals surface area contributed by atoms with Crippen molar-refractivity contribution >= 4 is 29.3 Å². The molecule has 1 aliphatic carbocycles. The van der Waals surface area contributed by atoms with E-state index in [9.17, 15) is 9.59 Å². The molecule has 0 spiro atoms. The first-order valence-corrected chi connectivity index (χ1v) is 9.07. The molecule has 1 fully saturated rings. The molecule has 9 heteroatoms. The second-order valence-corrected chi connectivity index (χ2v) is 7.04. The topological polar surface area (TPSA) is 102 Å². The van der Waals surface area contributed by atoms with Crippen molar-refractivity contribution in [2.75, 3.05) is 11.1 Å². The lowest BCUT2D eigenvalue weighted by Gasteiger charge is -2.13. The number of carbonyl (C=O) groups excluding carboxylic acids is 2. The normalized spacial score (nSPS) is 14.8. The van der Waals surface area contributed by atoms with Crippen LogP contribution in [-0.2, 0) is 11.8 Å². The predicted octanol–water partition coefficient (Wildman–Crippen LogP) is 1.47. The minimum atomic E-state index is -0.160. The Morgan fingerprint density at radius 1 is 1.32 bits per heavy atom. The van der Waals surface area contributed by atoms with Crippen LogP contribution >= 0.6 is 11.8 Å². The SMILES string of the molecule is C[C@H](NC(=O)c1ccc(NC(=O)CSc2nnnn2C)cc1)C1CC1. The van der Waals surface area contributed by atoms with Crippen molar-refractivity contribution in [2.24, 2.45) is 13.0 Å². The minimum Gasteiger partial charge on any atom is -0.349 e. The number of carbonyl (C=O) groups is 2. The molecule has 25 heavy (non-hydrogen) atoms. The van der Waals surface area contributed by atoms with Crippen molar-refractivity contribution in [3.63, 3.8) is 0 Å². The number of hydrogen-bond donors (Lipinski definition) is 2. The van der Waals surface area contributed by atoms with Gasteiger partial charge in [-0.2, -0.15) is 0 Å². The molecule has 1 saturated carbocycles. The first-order valence-electron chi connectivity index (χ1n) is 8.09. The van der Waals surface area contributed by atoms with E-state index in [0.717, 1.165) is 0 Å². The van der Waals surface area contributed by atoms with Crippen LogP contribution in [0.15, 0.2) is 29.4 Å². The zero-order chi connectivity index (χ0) is 17.8. The monoisotopic (exact) mass is 360 g/mol. The van der Waals surface area contributed by atoms with Gasteiger partial charge >= 0.3 is 0 Å². The van der Waals surface area contributed by atoms with Gasteiger partial charge in [0.1, 0.15) is 0 Å². The molecule has 1 aliphatic rings. The number of aryl methyl sites for hydroxylation is 1. The van der Waals surface area contributed by atoms with Gasteiger partial charge < -0.3 is 10.6 Å². The summed E-state index contributed by atoms with van der Waals surface area (Å²) in [6, 6.07) is 7.08. The van der Waals surface area contributed by atoms with Crippen molar-refractivity contribution in [3.05, 3.63) is 29.8 Å². The van der Waals surface area contributed by atoms with Crippen molar-refractivity contribution in [3.8, 4) is 0 Å². The third-order valence-electron chi connectivity index (χ3n) is 4.03. The highest BCUT2D eigenvalue weighted by molar-refractivity contribution is 7.99. The van der Waals surface area contributed by atoms with Gasteiger partial charge in [0, 0.05) is 24.3 Å². The van der Waals surface area contributed by atoms with Crippen LogP contribution in [0.3, 0.4) is 0 Å². The maximum atomic E-state index is 12.2. The molecule has 0 aliphatic heterocycles. The average Bonchev–Trinajstić information content (AvgIpc) is 3.36. The molecule has 2 amide bonds. The summed E-state index contributed by atoms with van der Waals surface area (Å²) in [4.78, 5) is 24.1. The van der Waals surface area contributed by atoms with E-state index < -0.39 is 0 Å². The Balaban J connectivity index is 1.48. The first-order chi connectivity index (χ1) is 12.0. The van der Waals surface area contributed by atoms with Gasteiger partial charge in [0.15, 0.2) is 0 Å². The number of aromatic nitrogens is 4. The van der Waals surface area contributed by atoms with Crippen LogP contribution in [0.5, 0.6) is 0 Å². The molecule has 2 aromatic rings. The fourth-order valence-corrected chi connectivity index (χ4v) is 3.03. The minimum absolute atomic E-state index is 0.0809. The van der Waals surface area contributed by atoms with Gasteiger partial charge in [-0.15, -0.1) is 5.10 Å². The van der Waals surface area contributed by atoms with Crippen LogP contribution in [0.25, 0.3) is 0 Å². The summed E-state index contributed by atoms with van der Waals surface area (Å²) < 4.78 is 1.51. The quantitative estimate of drug-likeness (QED) is 0.725. The van der Waals surface area contributed by atoms with Gasteiger partial charge in [-0.25, -0.2) is 4.68 Å². The van der Waals surface area contributed by atoms with Crippen molar-refractivity contribution in [1.29, 1.82) is 0 Å². The van der Waals surface area contributed by atoms with Gasteiger partial charge in [0.05, 0.1) is 5.75 Å². The van der Waals surface area contributed by atoms with E-state index in [2.05, 4.69) is 26.2 Å².